The van der Waals surface area contributed by atoms with Crippen molar-refractivity contribution in [1.82, 2.24) is 9.80 Å². The van der Waals surface area contributed by atoms with Gasteiger partial charge in [0, 0.05) is 37.8 Å². The predicted molar refractivity (Wildman–Crippen MR) is 75.6 cm³/mol. The average molecular weight is 251 g/mol. The minimum Gasteiger partial charge on any atom is -0.329 e. The maximum atomic E-state index is 6.03. The van der Waals surface area contributed by atoms with Crippen LogP contribution >= 0.6 is 0 Å². The quantitative estimate of drug-likeness (QED) is 0.825. The van der Waals surface area contributed by atoms with Crippen LogP contribution < -0.4 is 5.73 Å². The number of rotatable bonds is 4. The Bertz CT molecular complexity index is 277. The van der Waals surface area contributed by atoms with Gasteiger partial charge < -0.3 is 5.73 Å². The minimum absolute atomic E-state index is 0.660. The van der Waals surface area contributed by atoms with E-state index in [1.54, 1.807) is 0 Å². The maximum Gasteiger partial charge on any atom is 0.0238 e. The number of nitrogens with zero attached hydrogens (tertiary/aromatic N) is 2. The smallest absolute Gasteiger partial charge is 0.0238 e. The topological polar surface area (TPSA) is 32.5 Å². The Kier molecular flexibility index (Phi) is 3.92. The third-order valence-electron chi connectivity index (χ3n) is 5.45. The first-order valence-corrected chi connectivity index (χ1v) is 8.01. The van der Waals surface area contributed by atoms with Crippen molar-refractivity contribution in [2.45, 2.75) is 63.6 Å². The number of hydrogen-bond acceptors (Lipinski definition) is 3. The maximum absolute atomic E-state index is 6.03. The van der Waals surface area contributed by atoms with Gasteiger partial charge in [-0.05, 0) is 44.6 Å². The third kappa shape index (κ3) is 2.59. The van der Waals surface area contributed by atoms with Crippen molar-refractivity contribution in [3.63, 3.8) is 0 Å². The van der Waals surface area contributed by atoms with Crippen LogP contribution in [0, 0.1) is 5.92 Å². The first-order valence-electron chi connectivity index (χ1n) is 8.01. The Hall–Kier alpha value is -0.120. The van der Waals surface area contributed by atoms with Gasteiger partial charge in [-0.1, -0.05) is 13.3 Å². The van der Waals surface area contributed by atoms with E-state index in [2.05, 4.69) is 16.7 Å². The summed E-state index contributed by atoms with van der Waals surface area (Å²) in [6.07, 6.45) is 8.35. The van der Waals surface area contributed by atoms with Crippen molar-refractivity contribution in [3.8, 4) is 0 Å². The molecule has 2 saturated heterocycles. The van der Waals surface area contributed by atoms with Crippen molar-refractivity contribution in [3.05, 3.63) is 0 Å². The number of nitrogens with two attached hydrogens (primary N) is 1. The van der Waals surface area contributed by atoms with Crippen molar-refractivity contribution in [2.24, 2.45) is 11.7 Å². The lowest BCUT2D eigenvalue weighted by Gasteiger charge is -2.42. The Morgan fingerprint density at radius 2 is 1.89 bits per heavy atom. The van der Waals surface area contributed by atoms with Gasteiger partial charge in [0.05, 0.1) is 0 Å². The van der Waals surface area contributed by atoms with Gasteiger partial charge in [-0.2, -0.15) is 0 Å². The van der Waals surface area contributed by atoms with E-state index in [1.807, 2.05) is 0 Å². The summed E-state index contributed by atoms with van der Waals surface area (Å²) in [4.78, 5) is 5.48. The normalized spacial score (nSPS) is 39.3. The van der Waals surface area contributed by atoms with Crippen molar-refractivity contribution < 1.29 is 0 Å². The summed E-state index contributed by atoms with van der Waals surface area (Å²) in [7, 11) is 0. The molecule has 3 aliphatic rings. The summed E-state index contributed by atoms with van der Waals surface area (Å²) < 4.78 is 0. The molecule has 1 saturated carbocycles. The zero-order valence-corrected chi connectivity index (χ0v) is 11.9. The summed E-state index contributed by atoms with van der Waals surface area (Å²) in [5, 5.41) is 0. The van der Waals surface area contributed by atoms with Crippen LogP contribution in [0.3, 0.4) is 0 Å². The molecular formula is C15H29N3. The van der Waals surface area contributed by atoms with E-state index in [-0.39, 0.29) is 0 Å². The Morgan fingerprint density at radius 1 is 1.06 bits per heavy atom. The Labute approximate surface area is 112 Å². The largest absolute Gasteiger partial charge is 0.329 e. The molecule has 104 valence electrons. The van der Waals surface area contributed by atoms with E-state index in [0.717, 1.165) is 24.5 Å². The molecule has 2 N–H and O–H groups in total. The van der Waals surface area contributed by atoms with Gasteiger partial charge in [-0.3, -0.25) is 9.80 Å². The van der Waals surface area contributed by atoms with E-state index < -0.39 is 0 Å². The number of piperidine rings is 1. The fourth-order valence-corrected chi connectivity index (χ4v) is 4.05. The van der Waals surface area contributed by atoms with Crippen molar-refractivity contribution in [2.75, 3.05) is 26.2 Å². The molecular weight excluding hydrogens is 222 g/mol. The molecule has 3 unspecified atom stereocenters. The highest BCUT2D eigenvalue weighted by Gasteiger charge is 2.39. The van der Waals surface area contributed by atoms with E-state index in [4.69, 9.17) is 5.73 Å². The van der Waals surface area contributed by atoms with Crippen molar-refractivity contribution >= 4 is 0 Å². The second-order valence-electron chi connectivity index (χ2n) is 6.59. The Balaban J connectivity index is 1.57. The van der Waals surface area contributed by atoms with Gasteiger partial charge in [0.15, 0.2) is 0 Å². The van der Waals surface area contributed by atoms with Gasteiger partial charge in [-0.15, -0.1) is 0 Å². The molecule has 0 aromatic rings. The lowest BCUT2D eigenvalue weighted by molar-refractivity contribution is 0.0724. The van der Waals surface area contributed by atoms with Crippen LogP contribution in [0.2, 0.25) is 0 Å². The molecule has 0 bridgehead atoms. The molecule has 3 heteroatoms. The molecule has 0 aromatic carbocycles. The molecule has 3 rings (SSSR count). The number of hydrogen-bond donors (Lipinski definition) is 1. The third-order valence-corrected chi connectivity index (χ3v) is 5.45. The van der Waals surface area contributed by atoms with Crippen LogP contribution in [0.25, 0.3) is 0 Å². The van der Waals surface area contributed by atoms with Crippen LogP contribution in [0.5, 0.6) is 0 Å². The van der Waals surface area contributed by atoms with Gasteiger partial charge in [-0.25, -0.2) is 0 Å². The van der Waals surface area contributed by atoms with Crippen LogP contribution in [0.4, 0.5) is 0 Å². The molecule has 2 heterocycles. The van der Waals surface area contributed by atoms with E-state index in [0.29, 0.717) is 6.04 Å². The van der Waals surface area contributed by atoms with Gasteiger partial charge in [0.1, 0.15) is 0 Å². The minimum atomic E-state index is 0.660. The summed E-state index contributed by atoms with van der Waals surface area (Å²) in [5.74, 6) is 0.927. The van der Waals surface area contributed by atoms with Crippen LogP contribution in [-0.4, -0.2) is 54.1 Å². The molecule has 3 nitrogen and oxygen atoms in total. The lowest BCUT2D eigenvalue weighted by atomic mass is 9.88. The Morgan fingerprint density at radius 3 is 2.56 bits per heavy atom. The molecule has 0 aromatic heterocycles. The second-order valence-corrected chi connectivity index (χ2v) is 6.59. The summed E-state index contributed by atoms with van der Waals surface area (Å²) >= 11 is 0. The van der Waals surface area contributed by atoms with Gasteiger partial charge in [0.2, 0.25) is 0 Å². The standard InChI is InChI=1S/C15H29N3/c1-2-12-5-8-18(15(9-12)10-16)14-6-7-17(11-14)13-3-4-13/h12-15H,2-11,16H2,1H3. The highest BCUT2D eigenvalue weighted by atomic mass is 15.3. The molecule has 2 aliphatic heterocycles. The van der Waals surface area contributed by atoms with Crippen LogP contribution in [0.15, 0.2) is 0 Å². The SMILES string of the molecule is CCC1CCN(C2CCN(C3CC3)C2)C(CN)C1. The number of likely N-dealkylation sites (tertiary alicyclic amines) is 2. The van der Waals surface area contributed by atoms with Crippen LogP contribution in [-0.2, 0) is 0 Å². The average Bonchev–Trinajstić information content (AvgIpc) is 3.16. The zero-order chi connectivity index (χ0) is 12.5. The molecule has 3 fully saturated rings. The predicted octanol–water partition coefficient (Wildman–Crippen LogP) is 1.67. The molecule has 0 radical (unpaired) electrons. The highest BCUT2D eigenvalue weighted by Crippen LogP contribution is 2.34. The fraction of sp³-hybridized carbons (Fsp3) is 1.00. The highest BCUT2D eigenvalue weighted by molar-refractivity contribution is 4.95. The lowest BCUT2D eigenvalue weighted by Crippen LogP contribution is -2.52. The first-order chi connectivity index (χ1) is 8.81. The molecule has 0 spiro atoms. The van der Waals surface area contributed by atoms with Crippen LogP contribution in [0.1, 0.15) is 45.4 Å². The molecule has 1 aliphatic carbocycles. The van der Waals surface area contributed by atoms with E-state index in [9.17, 15) is 0 Å². The molecule has 3 atom stereocenters. The summed E-state index contributed by atoms with van der Waals surface area (Å²) in [5.41, 5.74) is 6.03. The van der Waals surface area contributed by atoms with Gasteiger partial charge >= 0.3 is 0 Å². The first kappa shape index (κ1) is 12.9. The fourth-order valence-electron chi connectivity index (χ4n) is 4.05. The van der Waals surface area contributed by atoms with E-state index in [1.165, 1.54) is 58.2 Å². The molecule has 18 heavy (non-hydrogen) atoms. The monoisotopic (exact) mass is 251 g/mol. The zero-order valence-electron chi connectivity index (χ0n) is 11.9. The van der Waals surface area contributed by atoms with Gasteiger partial charge in [0.25, 0.3) is 0 Å². The van der Waals surface area contributed by atoms with Crippen molar-refractivity contribution in [1.29, 1.82) is 0 Å². The molecule has 0 amide bonds. The van der Waals surface area contributed by atoms with E-state index >= 15 is 0 Å². The summed E-state index contributed by atoms with van der Waals surface area (Å²) in [6.45, 7) is 7.14. The summed E-state index contributed by atoms with van der Waals surface area (Å²) in [6, 6.07) is 2.41. The second kappa shape index (κ2) is 5.48.